The number of hydrogen-bond donors (Lipinski definition) is 1. The van der Waals surface area contributed by atoms with Crippen molar-refractivity contribution in [3.05, 3.63) is 28.2 Å². The van der Waals surface area contributed by atoms with E-state index >= 15 is 0 Å². The smallest absolute Gasteiger partial charge is 0.0510 e. The highest BCUT2D eigenvalue weighted by atomic mass is 79.9. The van der Waals surface area contributed by atoms with Crippen LogP contribution in [0.1, 0.15) is 44.2 Å². The van der Waals surface area contributed by atoms with Crippen LogP contribution >= 0.6 is 15.9 Å². The van der Waals surface area contributed by atoms with Gasteiger partial charge in [0, 0.05) is 23.6 Å². The molecule has 0 bridgehead atoms. The Hall–Kier alpha value is -0.540. The molecule has 2 N–H and O–H groups in total. The maximum Gasteiger partial charge on any atom is 0.0510 e. The van der Waals surface area contributed by atoms with E-state index in [-0.39, 0.29) is 6.04 Å². The molecular weight excluding hydrogens is 276 g/mol. The summed E-state index contributed by atoms with van der Waals surface area (Å²) in [6.07, 6.45) is 5.35. The Bertz CT molecular complexity index is 368. The third-order valence-corrected chi connectivity index (χ3v) is 4.08. The lowest BCUT2D eigenvalue weighted by Crippen LogP contribution is -2.24. The van der Waals surface area contributed by atoms with Crippen molar-refractivity contribution in [1.82, 2.24) is 0 Å². The average molecular weight is 297 g/mol. The summed E-state index contributed by atoms with van der Waals surface area (Å²) in [6, 6.07) is 6.61. The van der Waals surface area contributed by atoms with Crippen LogP contribution in [0, 0.1) is 0 Å². The molecule has 1 heterocycles. The Labute approximate surface area is 112 Å². The molecule has 2 rings (SSSR count). The standard InChI is InChI=1S/C14H21BrN2/c1-11(16)12-6-7-14(13(15)10-12)17-8-4-2-3-5-9-17/h6-7,10-11H,2-5,8-9,16H2,1H3/t11-/m1/s1. The molecule has 94 valence electrons. The summed E-state index contributed by atoms with van der Waals surface area (Å²) in [5.74, 6) is 0. The monoisotopic (exact) mass is 296 g/mol. The molecule has 1 fully saturated rings. The van der Waals surface area contributed by atoms with E-state index < -0.39 is 0 Å². The molecule has 1 saturated heterocycles. The number of nitrogens with two attached hydrogens (primary N) is 1. The van der Waals surface area contributed by atoms with Gasteiger partial charge in [-0.25, -0.2) is 0 Å². The van der Waals surface area contributed by atoms with Crippen LogP contribution in [0.5, 0.6) is 0 Å². The normalized spacial score (nSPS) is 18.9. The Morgan fingerprint density at radius 3 is 2.35 bits per heavy atom. The summed E-state index contributed by atoms with van der Waals surface area (Å²) in [5.41, 5.74) is 8.41. The highest BCUT2D eigenvalue weighted by molar-refractivity contribution is 9.10. The first-order valence-electron chi connectivity index (χ1n) is 6.48. The van der Waals surface area contributed by atoms with Gasteiger partial charge in [0.25, 0.3) is 0 Å². The van der Waals surface area contributed by atoms with Crippen molar-refractivity contribution in [3.8, 4) is 0 Å². The third-order valence-electron chi connectivity index (χ3n) is 3.44. The van der Waals surface area contributed by atoms with Gasteiger partial charge < -0.3 is 10.6 Å². The molecule has 1 aliphatic rings. The molecule has 17 heavy (non-hydrogen) atoms. The first-order chi connectivity index (χ1) is 8.18. The van der Waals surface area contributed by atoms with Gasteiger partial charge in [-0.15, -0.1) is 0 Å². The van der Waals surface area contributed by atoms with Crippen molar-refractivity contribution in [3.63, 3.8) is 0 Å². The fourth-order valence-corrected chi connectivity index (χ4v) is 3.02. The summed E-state index contributed by atoms with van der Waals surface area (Å²) in [5, 5.41) is 0. The van der Waals surface area contributed by atoms with Gasteiger partial charge in [-0.05, 0) is 53.4 Å². The van der Waals surface area contributed by atoms with Crippen LogP contribution in [-0.4, -0.2) is 13.1 Å². The topological polar surface area (TPSA) is 29.3 Å². The summed E-state index contributed by atoms with van der Waals surface area (Å²) >= 11 is 3.68. The van der Waals surface area contributed by atoms with E-state index in [1.165, 1.54) is 54.5 Å². The van der Waals surface area contributed by atoms with E-state index in [2.05, 4.69) is 39.0 Å². The second-order valence-corrected chi connectivity index (χ2v) is 5.76. The van der Waals surface area contributed by atoms with Gasteiger partial charge in [-0.1, -0.05) is 18.9 Å². The number of halogens is 1. The van der Waals surface area contributed by atoms with Gasteiger partial charge in [0.1, 0.15) is 0 Å². The molecule has 1 aromatic carbocycles. The Morgan fingerprint density at radius 2 is 1.82 bits per heavy atom. The summed E-state index contributed by atoms with van der Waals surface area (Å²) < 4.78 is 1.18. The van der Waals surface area contributed by atoms with Crippen molar-refractivity contribution >= 4 is 21.6 Å². The lowest BCUT2D eigenvalue weighted by molar-refractivity contribution is 0.726. The van der Waals surface area contributed by atoms with Gasteiger partial charge in [-0.2, -0.15) is 0 Å². The zero-order valence-electron chi connectivity index (χ0n) is 10.5. The van der Waals surface area contributed by atoms with E-state index in [9.17, 15) is 0 Å². The molecule has 0 spiro atoms. The molecule has 0 aromatic heterocycles. The van der Waals surface area contributed by atoms with Crippen LogP contribution < -0.4 is 10.6 Å². The van der Waals surface area contributed by atoms with Crippen molar-refractivity contribution in [2.24, 2.45) is 5.73 Å². The summed E-state index contributed by atoms with van der Waals surface area (Å²) in [7, 11) is 0. The number of hydrogen-bond acceptors (Lipinski definition) is 2. The molecule has 0 radical (unpaired) electrons. The first-order valence-corrected chi connectivity index (χ1v) is 7.28. The zero-order chi connectivity index (χ0) is 12.3. The van der Waals surface area contributed by atoms with E-state index in [4.69, 9.17) is 5.73 Å². The summed E-state index contributed by atoms with van der Waals surface area (Å²) in [6.45, 7) is 4.37. The largest absolute Gasteiger partial charge is 0.371 e. The quantitative estimate of drug-likeness (QED) is 0.898. The van der Waals surface area contributed by atoms with E-state index in [1.54, 1.807) is 0 Å². The Morgan fingerprint density at radius 1 is 1.18 bits per heavy atom. The molecular formula is C14H21BrN2. The molecule has 1 atom stereocenters. The van der Waals surface area contributed by atoms with Gasteiger partial charge in [0.05, 0.1) is 5.69 Å². The fraction of sp³-hybridized carbons (Fsp3) is 0.571. The maximum absolute atomic E-state index is 5.90. The van der Waals surface area contributed by atoms with E-state index in [1.807, 2.05) is 6.92 Å². The van der Waals surface area contributed by atoms with Gasteiger partial charge in [0.15, 0.2) is 0 Å². The summed E-state index contributed by atoms with van der Waals surface area (Å²) in [4.78, 5) is 2.49. The van der Waals surface area contributed by atoms with Crippen molar-refractivity contribution in [1.29, 1.82) is 0 Å². The van der Waals surface area contributed by atoms with Gasteiger partial charge >= 0.3 is 0 Å². The number of benzene rings is 1. The third kappa shape index (κ3) is 3.23. The molecule has 1 aliphatic heterocycles. The van der Waals surface area contributed by atoms with Crippen LogP contribution in [0.3, 0.4) is 0 Å². The lowest BCUT2D eigenvalue weighted by Gasteiger charge is -2.24. The highest BCUT2D eigenvalue weighted by Crippen LogP contribution is 2.30. The van der Waals surface area contributed by atoms with E-state index in [0.29, 0.717) is 0 Å². The van der Waals surface area contributed by atoms with Crippen LogP contribution in [0.15, 0.2) is 22.7 Å². The molecule has 0 saturated carbocycles. The van der Waals surface area contributed by atoms with Crippen molar-refractivity contribution in [2.45, 2.75) is 38.6 Å². The minimum Gasteiger partial charge on any atom is -0.371 e. The second-order valence-electron chi connectivity index (χ2n) is 4.90. The minimum atomic E-state index is 0.101. The average Bonchev–Trinajstić information content (AvgIpc) is 2.57. The SMILES string of the molecule is C[C@@H](N)c1ccc(N2CCCCCC2)c(Br)c1. The number of nitrogens with zero attached hydrogens (tertiary/aromatic N) is 1. The van der Waals surface area contributed by atoms with Crippen molar-refractivity contribution in [2.75, 3.05) is 18.0 Å². The lowest BCUT2D eigenvalue weighted by atomic mass is 10.1. The van der Waals surface area contributed by atoms with Gasteiger partial charge in [-0.3, -0.25) is 0 Å². The number of anilines is 1. The molecule has 1 aromatic rings. The van der Waals surface area contributed by atoms with Crippen LogP contribution in [-0.2, 0) is 0 Å². The predicted octanol–water partition coefficient (Wildman–Crippen LogP) is 3.85. The zero-order valence-corrected chi connectivity index (χ0v) is 12.0. The second kappa shape index (κ2) is 5.87. The van der Waals surface area contributed by atoms with Crippen LogP contribution in [0.2, 0.25) is 0 Å². The maximum atomic E-state index is 5.90. The van der Waals surface area contributed by atoms with Crippen LogP contribution in [0.4, 0.5) is 5.69 Å². The fourth-order valence-electron chi connectivity index (χ4n) is 2.37. The molecule has 3 heteroatoms. The van der Waals surface area contributed by atoms with Gasteiger partial charge in [0.2, 0.25) is 0 Å². The minimum absolute atomic E-state index is 0.101. The van der Waals surface area contributed by atoms with Crippen molar-refractivity contribution < 1.29 is 0 Å². The Kier molecular flexibility index (Phi) is 4.46. The molecule has 0 amide bonds. The molecule has 2 nitrogen and oxygen atoms in total. The highest BCUT2D eigenvalue weighted by Gasteiger charge is 2.13. The van der Waals surface area contributed by atoms with Crippen LogP contribution in [0.25, 0.3) is 0 Å². The number of rotatable bonds is 2. The predicted molar refractivity (Wildman–Crippen MR) is 77.4 cm³/mol. The molecule has 0 aliphatic carbocycles. The first kappa shape index (κ1) is 12.9. The Balaban J connectivity index is 2.19. The van der Waals surface area contributed by atoms with E-state index in [0.717, 1.165) is 0 Å². The molecule has 0 unspecified atom stereocenters.